The van der Waals surface area contributed by atoms with Crippen LogP contribution in [0.15, 0.2) is 0 Å². The highest BCUT2D eigenvalue weighted by molar-refractivity contribution is 6.32. The molecule has 84 valence electrons. The van der Waals surface area contributed by atoms with E-state index in [-0.39, 0.29) is 12.1 Å². The van der Waals surface area contributed by atoms with Crippen molar-refractivity contribution < 1.29 is 19.1 Å². The van der Waals surface area contributed by atoms with Crippen molar-refractivity contribution in [1.29, 1.82) is 0 Å². The van der Waals surface area contributed by atoms with Gasteiger partial charge in [0.15, 0.2) is 0 Å². The van der Waals surface area contributed by atoms with E-state index in [0.29, 0.717) is 12.5 Å². The Labute approximate surface area is 88.1 Å². The predicted molar refractivity (Wildman–Crippen MR) is 51.0 cm³/mol. The zero-order valence-corrected chi connectivity index (χ0v) is 8.69. The Balaban J connectivity index is 1.87. The second-order valence-corrected chi connectivity index (χ2v) is 4.03. The smallest absolute Gasteiger partial charge is 0.396 e. The number of hydrogen-bond acceptors (Lipinski definition) is 4. The lowest BCUT2D eigenvalue weighted by Crippen LogP contribution is -2.44. The Morgan fingerprint density at radius 3 is 2.67 bits per heavy atom. The molecule has 1 saturated carbocycles. The number of esters is 1. The molecule has 5 heteroatoms. The summed E-state index contributed by atoms with van der Waals surface area (Å²) in [4.78, 5) is 22.2. The van der Waals surface area contributed by atoms with E-state index < -0.39 is 11.9 Å². The zero-order valence-electron chi connectivity index (χ0n) is 8.69. The van der Waals surface area contributed by atoms with Crippen LogP contribution in [0.5, 0.6) is 0 Å². The Kier molecular flexibility index (Phi) is 2.90. The van der Waals surface area contributed by atoms with Crippen LogP contribution in [-0.4, -0.2) is 37.7 Å². The fraction of sp³-hybridized carbons (Fsp3) is 0.800. The molecule has 0 aromatic rings. The molecular formula is C10H15NO4. The maximum atomic E-state index is 11.3. The lowest BCUT2D eigenvalue weighted by molar-refractivity contribution is -0.153. The number of carbonyl (C=O) groups is 2. The Morgan fingerprint density at radius 2 is 2.07 bits per heavy atom. The van der Waals surface area contributed by atoms with Gasteiger partial charge in [0, 0.05) is 6.61 Å². The first-order valence-electron chi connectivity index (χ1n) is 5.23. The summed E-state index contributed by atoms with van der Waals surface area (Å²) in [6.45, 7) is 0.660. The molecule has 1 N–H and O–H groups in total. The van der Waals surface area contributed by atoms with Crippen LogP contribution < -0.4 is 5.32 Å². The lowest BCUT2D eigenvalue weighted by atomic mass is 10.1. The van der Waals surface area contributed by atoms with Crippen LogP contribution in [0.4, 0.5) is 0 Å². The summed E-state index contributed by atoms with van der Waals surface area (Å²) in [7, 11) is 1.20. The molecule has 2 fully saturated rings. The summed E-state index contributed by atoms with van der Waals surface area (Å²) in [5, 5.41) is 2.66. The fourth-order valence-electron chi connectivity index (χ4n) is 1.98. The van der Waals surface area contributed by atoms with Gasteiger partial charge in [0.2, 0.25) is 0 Å². The Morgan fingerprint density at radius 1 is 1.33 bits per heavy atom. The van der Waals surface area contributed by atoms with Gasteiger partial charge in [-0.25, -0.2) is 4.79 Å². The molecule has 2 unspecified atom stereocenters. The van der Waals surface area contributed by atoms with Crippen molar-refractivity contribution in [2.24, 2.45) is 5.92 Å². The third kappa shape index (κ3) is 2.28. The summed E-state index contributed by atoms with van der Waals surface area (Å²) in [6.07, 6.45) is 3.20. The first kappa shape index (κ1) is 10.4. The highest BCUT2D eigenvalue weighted by Gasteiger charge is 2.41. The largest absolute Gasteiger partial charge is 0.462 e. The van der Waals surface area contributed by atoms with E-state index in [4.69, 9.17) is 4.74 Å². The first-order chi connectivity index (χ1) is 7.22. The van der Waals surface area contributed by atoms with Crippen LogP contribution in [-0.2, 0) is 19.1 Å². The summed E-state index contributed by atoms with van der Waals surface area (Å²) >= 11 is 0. The van der Waals surface area contributed by atoms with Gasteiger partial charge in [-0.3, -0.25) is 4.79 Å². The highest BCUT2D eigenvalue weighted by atomic mass is 16.5. The second kappa shape index (κ2) is 4.18. The van der Waals surface area contributed by atoms with Crippen LogP contribution in [0.2, 0.25) is 0 Å². The fourth-order valence-corrected chi connectivity index (χ4v) is 1.98. The number of hydrogen-bond donors (Lipinski definition) is 1. The number of methoxy groups -OCH3 is 1. The van der Waals surface area contributed by atoms with Crippen molar-refractivity contribution in [3.8, 4) is 0 Å². The SMILES string of the molecule is COC(=O)C(=O)NC1CCOC1C1CC1. The van der Waals surface area contributed by atoms with E-state index in [9.17, 15) is 9.59 Å². The molecule has 1 saturated heterocycles. The van der Waals surface area contributed by atoms with Crippen LogP contribution in [0, 0.1) is 5.92 Å². The van der Waals surface area contributed by atoms with Gasteiger partial charge in [-0.15, -0.1) is 0 Å². The van der Waals surface area contributed by atoms with Gasteiger partial charge in [-0.05, 0) is 25.2 Å². The van der Waals surface area contributed by atoms with Crippen molar-refractivity contribution in [3.63, 3.8) is 0 Å². The maximum Gasteiger partial charge on any atom is 0.396 e. The minimum absolute atomic E-state index is 0.0240. The Hall–Kier alpha value is -1.10. The summed E-state index contributed by atoms with van der Waals surface area (Å²) in [5.41, 5.74) is 0. The molecule has 2 atom stereocenters. The molecule has 5 nitrogen and oxygen atoms in total. The maximum absolute atomic E-state index is 11.3. The van der Waals surface area contributed by atoms with Crippen LogP contribution in [0.25, 0.3) is 0 Å². The molecule has 1 aliphatic carbocycles. The number of carbonyl (C=O) groups excluding carboxylic acids is 2. The van der Waals surface area contributed by atoms with Gasteiger partial charge < -0.3 is 14.8 Å². The van der Waals surface area contributed by atoms with Crippen molar-refractivity contribution in [1.82, 2.24) is 5.32 Å². The monoisotopic (exact) mass is 213 g/mol. The van der Waals surface area contributed by atoms with Crippen molar-refractivity contribution >= 4 is 11.9 Å². The van der Waals surface area contributed by atoms with Gasteiger partial charge in [0.25, 0.3) is 0 Å². The van der Waals surface area contributed by atoms with Gasteiger partial charge >= 0.3 is 11.9 Å². The molecule has 15 heavy (non-hydrogen) atoms. The van der Waals surface area contributed by atoms with E-state index in [2.05, 4.69) is 10.1 Å². The standard InChI is InChI=1S/C10H15NO4/c1-14-10(13)9(12)11-7-4-5-15-8(7)6-2-3-6/h6-8H,2-5H2,1H3,(H,11,12). The lowest BCUT2D eigenvalue weighted by Gasteiger charge is -2.18. The van der Waals surface area contributed by atoms with Crippen molar-refractivity contribution in [2.75, 3.05) is 13.7 Å². The third-order valence-corrected chi connectivity index (χ3v) is 2.91. The molecule has 0 spiro atoms. The van der Waals surface area contributed by atoms with E-state index >= 15 is 0 Å². The number of nitrogens with one attached hydrogen (secondary N) is 1. The van der Waals surface area contributed by atoms with E-state index in [1.54, 1.807) is 0 Å². The third-order valence-electron chi connectivity index (χ3n) is 2.91. The average Bonchev–Trinajstić information content (AvgIpc) is 2.99. The van der Waals surface area contributed by atoms with Crippen LogP contribution in [0.1, 0.15) is 19.3 Å². The highest BCUT2D eigenvalue weighted by Crippen LogP contribution is 2.38. The number of amides is 1. The zero-order chi connectivity index (χ0) is 10.8. The second-order valence-electron chi connectivity index (χ2n) is 4.03. The summed E-state index contributed by atoms with van der Waals surface area (Å²) in [5.74, 6) is -0.939. The van der Waals surface area contributed by atoms with E-state index in [0.717, 1.165) is 19.3 Å². The molecule has 0 aromatic heterocycles. The minimum Gasteiger partial charge on any atom is -0.462 e. The van der Waals surface area contributed by atoms with Crippen molar-refractivity contribution in [2.45, 2.75) is 31.4 Å². The normalized spacial score (nSPS) is 29.9. The molecule has 2 aliphatic rings. The van der Waals surface area contributed by atoms with E-state index in [1.165, 1.54) is 7.11 Å². The molecule has 1 amide bonds. The minimum atomic E-state index is -0.837. The summed E-state index contributed by atoms with van der Waals surface area (Å²) in [6, 6.07) is -0.0240. The topological polar surface area (TPSA) is 64.6 Å². The van der Waals surface area contributed by atoms with Crippen molar-refractivity contribution in [3.05, 3.63) is 0 Å². The Bertz CT molecular complexity index is 275. The number of ether oxygens (including phenoxy) is 2. The molecular weight excluding hydrogens is 198 g/mol. The number of rotatable bonds is 2. The van der Waals surface area contributed by atoms with Gasteiger partial charge in [-0.1, -0.05) is 0 Å². The molecule has 1 heterocycles. The first-order valence-corrected chi connectivity index (χ1v) is 5.23. The average molecular weight is 213 g/mol. The summed E-state index contributed by atoms with van der Waals surface area (Å²) < 4.78 is 9.88. The van der Waals surface area contributed by atoms with Gasteiger partial charge in [0.05, 0.1) is 19.3 Å². The van der Waals surface area contributed by atoms with Crippen LogP contribution >= 0.6 is 0 Å². The van der Waals surface area contributed by atoms with Gasteiger partial charge in [-0.2, -0.15) is 0 Å². The van der Waals surface area contributed by atoms with Gasteiger partial charge in [0.1, 0.15) is 0 Å². The molecule has 2 rings (SSSR count). The van der Waals surface area contributed by atoms with Crippen LogP contribution in [0.3, 0.4) is 0 Å². The molecule has 0 aromatic carbocycles. The quantitative estimate of drug-likeness (QED) is 0.511. The van der Waals surface area contributed by atoms with E-state index in [1.807, 2.05) is 0 Å². The molecule has 0 radical (unpaired) electrons. The molecule has 0 bridgehead atoms. The predicted octanol–water partition coefficient (Wildman–Crippen LogP) is -0.157. The molecule has 1 aliphatic heterocycles.